The number of nitrogens with zero attached hydrogens (tertiary/aromatic N) is 1. The van der Waals surface area contributed by atoms with Gasteiger partial charge in [-0.2, -0.15) is 5.26 Å². The van der Waals surface area contributed by atoms with Gasteiger partial charge in [-0.1, -0.05) is 0 Å². The lowest BCUT2D eigenvalue weighted by molar-refractivity contribution is 0.0166. The highest BCUT2D eigenvalue weighted by Gasteiger charge is 2.30. The average molecular weight is 225 g/mol. The molecule has 0 aromatic heterocycles. The number of benzene rings is 1. The quantitative estimate of drug-likeness (QED) is 0.737. The Bertz CT molecular complexity index is 460. The van der Waals surface area contributed by atoms with Gasteiger partial charge in [-0.3, -0.25) is 0 Å². The molecule has 16 heavy (non-hydrogen) atoms. The molecule has 0 radical (unpaired) electrons. The summed E-state index contributed by atoms with van der Waals surface area (Å²) in [5.41, 5.74) is -0.420. The molecule has 1 aliphatic heterocycles. The number of halogens is 2. The van der Waals surface area contributed by atoms with Crippen LogP contribution in [0.1, 0.15) is 18.1 Å². The van der Waals surface area contributed by atoms with Crippen LogP contribution in [0.2, 0.25) is 0 Å². The molecule has 0 spiro atoms. The van der Waals surface area contributed by atoms with E-state index in [0.717, 1.165) is 6.92 Å². The van der Waals surface area contributed by atoms with Crippen molar-refractivity contribution in [2.24, 2.45) is 0 Å². The van der Waals surface area contributed by atoms with E-state index >= 15 is 0 Å². The summed E-state index contributed by atoms with van der Waals surface area (Å²) in [6, 6.07) is 4.20. The predicted octanol–water partition coefficient (Wildman–Crippen LogP) is 2.44. The zero-order valence-electron chi connectivity index (χ0n) is 8.59. The maximum Gasteiger partial charge on any atom is 0.271 e. The predicted molar refractivity (Wildman–Crippen MR) is 51.7 cm³/mol. The van der Waals surface area contributed by atoms with Crippen molar-refractivity contribution < 1.29 is 18.3 Å². The molecule has 0 N–H and O–H groups in total. The second kappa shape index (κ2) is 3.63. The van der Waals surface area contributed by atoms with Crippen LogP contribution in [0.3, 0.4) is 0 Å². The first kappa shape index (κ1) is 10.7. The van der Waals surface area contributed by atoms with Gasteiger partial charge >= 0.3 is 0 Å². The highest BCUT2D eigenvalue weighted by molar-refractivity contribution is 5.53. The van der Waals surface area contributed by atoms with Gasteiger partial charge in [0.2, 0.25) is 0 Å². The minimum atomic E-state index is -3.07. The molecule has 0 atom stereocenters. The molecule has 1 heterocycles. The summed E-state index contributed by atoms with van der Waals surface area (Å²) >= 11 is 0. The van der Waals surface area contributed by atoms with Crippen LogP contribution in [-0.4, -0.2) is 13.2 Å². The van der Waals surface area contributed by atoms with E-state index < -0.39 is 5.92 Å². The third kappa shape index (κ3) is 1.78. The molecule has 0 aliphatic carbocycles. The number of hydrogen-bond donors (Lipinski definition) is 0. The van der Waals surface area contributed by atoms with Crippen LogP contribution in [0, 0.1) is 11.3 Å². The topological polar surface area (TPSA) is 42.2 Å². The van der Waals surface area contributed by atoms with E-state index in [1.807, 2.05) is 0 Å². The van der Waals surface area contributed by atoms with Crippen LogP contribution in [0.4, 0.5) is 8.78 Å². The zero-order chi connectivity index (χ0) is 11.8. The number of ether oxygens (including phenoxy) is 2. The van der Waals surface area contributed by atoms with Crippen LogP contribution in [-0.2, 0) is 5.92 Å². The maximum atomic E-state index is 13.2. The Morgan fingerprint density at radius 3 is 2.31 bits per heavy atom. The fourth-order valence-corrected chi connectivity index (χ4v) is 1.54. The molecule has 0 fully saturated rings. The SMILES string of the molecule is CC(F)(F)c1cc2c(cc1C#N)OCCO2. The Morgan fingerprint density at radius 2 is 1.81 bits per heavy atom. The number of nitriles is 1. The fraction of sp³-hybridized carbons (Fsp3) is 0.364. The van der Waals surface area contributed by atoms with Crippen molar-refractivity contribution in [1.29, 1.82) is 5.26 Å². The number of hydrogen-bond acceptors (Lipinski definition) is 3. The summed E-state index contributed by atoms with van der Waals surface area (Å²) in [7, 11) is 0. The maximum absolute atomic E-state index is 13.2. The van der Waals surface area contributed by atoms with Crippen LogP contribution < -0.4 is 9.47 Å². The van der Waals surface area contributed by atoms with Gasteiger partial charge < -0.3 is 9.47 Å². The van der Waals surface area contributed by atoms with E-state index in [4.69, 9.17) is 14.7 Å². The molecule has 0 saturated heterocycles. The van der Waals surface area contributed by atoms with Gasteiger partial charge in [0.05, 0.1) is 11.6 Å². The molecule has 0 unspecified atom stereocenters. The first-order chi connectivity index (χ1) is 7.52. The largest absolute Gasteiger partial charge is 0.486 e. The first-order valence-electron chi connectivity index (χ1n) is 4.74. The van der Waals surface area contributed by atoms with Gasteiger partial charge in [-0.15, -0.1) is 0 Å². The van der Waals surface area contributed by atoms with Crippen LogP contribution in [0.25, 0.3) is 0 Å². The van der Waals surface area contributed by atoms with Crippen molar-refractivity contribution in [2.75, 3.05) is 13.2 Å². The van der Waals surface area contributed by atoms with E-state index in [0.29, 0.717) is 19.0 Å². The minimum absolute atomic E-state index is 0.0863. The molecule has 2 rings (SSSR count). The van der Waals surface area contributed by atoms with Gasteiger partial charge in [0.25, 0.3) is 5.92 Å². The molecular weight excluding hydrogens is 216 g/mol. The fourth-order valence-electron chi connectivity index (χ4n) is 1.54. The van der Waals surface area contributed by atoms with Gasteiger partial charge in [0, 0.05) is 18.6 Å². The van der Waals surface area contributed by atoms with Crippen molar-refractivity contribution in [3.05, 3.63) is 23.3 Å². The zero-order valence-corrected chi connectivity index (χ0v) is 8.59. The molecule has 0 amide bonds. The highest BCUT2D eigenvalue weighted by Crippen LogP contribution is 2.38. The smallest absolute Gasteiger partial charge is 0.271 e. The summed E-state index contributed by atoms with van der Waals surface area (Å²) in [6.07, 6.45) is 0. The highest BCUT2D eigenvalue weighted by atomic mass is 19.3. The van der Waals surface area contributed by atoms with Crippen molar-refractivity contribution in [3.63, 3.8) is 0 Å². The summed E-state index contributed by atoms with van der Waals surface area (Å²) in [6.45, 7) is 1.44. The molecular formula is C11H9F2NO2. The molecule has 0 saturated carbocycles. The standard InChI is InChI=1S/C11H9F2NO2/c1-11(12,13)8-5-10-9(4-7(8)6-14)15-2-3-16-10/h4-5H,2-3H2,1H3. The second-order valence-electron chi connectivity index (χ2n) is 3.54. The van der Waals surface area contributed by atoms with E-state index in [2.05, 4.69) is 0 Å². The lowest BCUT2D eigenvalue weighted by Gasteiger charge is -2.21. The molecule has 1 aliphatic rings. The average Bonchev–Trinajstić information content (AvgIpc) is 2.26. The van der Waals surface area contributed by atoms with E-state index in [9.17, 15) is 8.78 Å². The first-order valence-corrected chi connectivity index (χ1v) is 4.74. The summed E-state index contributed by atoms with van der Waals surface area (Å²) < 4.78 is 36.9. The summed E-state index contributed by atoms with van der Waals surface area (Å²) in [4.78, 5) is 0. The van der Waals surface area contributed by atoms with Gasteiger partial charge in [0.15, 0.2) is 11.5 Å². The molecule has 1 aromatic rings. The molecule has 84 valence electrons. The van der Waals surface area contributed by atoms with E-state index in [1.165, 1.54) is 12.1 Å². The monoisotopic (exact) mass is 225 g/mol. The Kier molecular flexibility index (Phi) is 2.43. The van der Waals surface area contributed by atoms with E-state index in [1.54, 1.807) is 6.07 Å². The number of fused-ring (bicyclic) bond motifs is 1. The third-order valence-corrected chi connectivity index (χ3v) is 2.28. The minimum Gasteiger partial charge on any atom is -0.486 e. The van der Waals surface area contributed by atoms with Gasteiger partial charge in [0.1, 0.15) is 13.2 Å². The third-order valence-electron chi connectivity index (χ3n) is 2.28. The number of alkyl halides is 2. The van der Waals surface area contributed by atoms with Crippen molar-refractivity contribution >= 4 is 0 Å². The Hall–Kier alpha value is -1.83. The van der Waals surface area contributed by atoms with Crippen molar-refractivity contribution in [3.8, 4) is 17.6 Å². The van der Waals surface area contributed by atoms with Crippen LogP contribution >= 0.6 is 0 Å². The lowest BCUT2D eigenvalue weighted by Crippen LogP contribution is -2.17. The van der Waals surface area contributed by atoms with Crippen molar-refractivity contribution in [1.82, 2.24) is 0 Å². The van der Waals surface area contributed by atoms with E-state index in [-0.39, 0.29) is 16.9 Å². The summed E-state index contributed by atoms with van der Waals surface area (Å²) in [5, 5.41) is 8.80. The Balaban J connectivity index is 2.57. The normalized spacial score (nSPS) is 14.4. The molecule has 1 aromatic carbocycles. The van der Waals surface area contributed by atoms with Crippen LogP contribution in [0.15, 0.2) is 12.1 Å². The number of rotatable bonds is 1. The van der Waals surface area contributed by atoms with Gasteiger partial charge in [-0.05, 0) is 6.07 Å². The summed E-state index contributed by atoms with van der Waals surface area (Å²) in [5.74, 6) is -2.46. The van der Waals surface area contributed by atoms with Crippen LogP contribution in [0.5, 0.6) is 11.5 Å². The lowest BCUT2D eigenvalue weighted by atomic mass is 10.0. The molecule has 0 bridgehead atoms. The Morgan fingerprint density at radius 1 is 1.25 bits per heavy atom. The van der Waals surface area contributed by atoms with Crippen molar-refractivity contribution in [2.45, 2.75) is 12.8 Å². The second-order valence-corrected chi connectivity index (χ2v) is 3.54. The Labute approximate surface area is 91.2 Å². The molecule has 5 heteroatoms. The molecule has 3 nitrogen and oxygen atoms in total. The van der Waals surface area contributed by atoms with Gasteiger partial charge in [-0.25, -0.2) is 8.78 Å².